The molecule has 0 unspecified atom stereocenters. The van der Waals surface area contributed by atoms with Gasteiger partial charge in [-0.15, -0.1) is 0 Å². The molecule has 0 atom stereocenters. The third kappa shape index (κ3) is 5.73. The minimum Gasteiger partial charge on any atom is -0.480 e. The molecule has 6 heteroatoms. The second kappa shape index (κ2) is 8.15. The number of nitrogens with one attached hydrogen (secondary N) is 1. The van der Waals surface area contributed by atoms with E-state index in [4.69, 9.17) is 5.11 Å². The molecule has 0 radical (unpaired) electrons. The second-order valence-electron chi connectivity index (χ2n) is 9.11. The van der Waals surface area contributed by atoms with Gasteiger partial charge in [-0.2, -0.15) is 0 Å². The van der Waals surface area contributed by atoms with Gasteiger partial charge in [0, 0.05) is 16.7 Å². The number of carbonyl (C=O) groups is 3. The number of amides is 1. The molecule has 1 aliphatic carbocycles. The number of carboxylic acid groups (broad SMARTS) is 1. The Bertz CT molecular complexity index is 885. The predicted molar refractivity (Wildman–Crippen MR) is 114 cm³/mol. The molecular formula is C23H28N2O4. The Morgan fingerprint density at radius 1 is 0.931 bits per heavy atom. The lowest BCUT2D eigenvalue weighted by atomic mass is 9.72. The molecule has 2 N–H and O–H groups in total. The van der Waals surface area contributed by atoms with E-state index in [0.29, 0.717) is 28.1 Å². The number of nitrogens with zero attached hydrogens (tertiary/aromatic N) is 1. The third-order valence-corrected chi connectivity index (χ3v) is 4.48. The van der Waals surface area contributed by atoms with Crippen LogP contribution in [0.5, 0.6) is 0 Å². The summed E-state index contributed by atoms with van der Waals surface area (Å²) < 4.78 is 0. The van der Waals surface area contributed by atoms with Crippen molar-refractivity contribution in [1.29, 1.82) is 0 Å². The lowest BCUT2D eigenvalue weighted by Gasteiger charge is -2.31. The Kier molecular flexibility index (Phi) is 6.26. The Morgan fingerprint density at radius 2 is 1.41 bits per heavy atom. The summed E-state index contributed by atoms with van der Waals surface area (Å²) in [4.78, 5) is 40.1. The number of carboxylic acids is 1. The highest BCUT2D eigenvalue weighted by Gasteiger charge is 2.34. The van der Waals surface area contributed by atoms with Crippen LogP contribution in [-0.4, -0.2) is 35.0 Å². The maximum Gasteiger partial charge on any atom is 0.322 e. The van der Waals surface area contributed by atoms with E-state index in [0.717, 1.165) is 0 Å². The first-order chi connectivity index (χ1) is 13.3. The van der Waals surface area contributed by atoms with Crippen molar-refractivity contribution in [3.63, 3.8) is 0 Å². The number of carbonyl (C=O) groups excluding carboxylic acids is 2. The van der Waals surface area contributed by atoms with Crippen LogP contribution in [-0.2, 0) is 9.59 Å². The molecule has 0 saturated heterocycles. The molecule has 0 heterocycles. The Balaban J connectivity index is 2.37. The number of aliphatic imine (C=N–C) groups is 1. The molecule has 0 bridgehead atoms. The van der Waals surface area contributed by atoms with E-state index >= 15 is 0 Å². The Hall–Kier alpha value is -3.02. The molecule has 6 nitrogen and oxygen atoms in total. The first-order valence-corrected chi connectivity index (χ1v) is 9.47. The van der Waals surface area contributed by atoms with Crippen molar-refractivity contribution in [3.05, 3.63) is 53.1 Å². The highest BCUT2D eigenvalue weighted by Crippen LogP contribution is 2.37. The highest BCUT2D eigenvalue weighted by molar-refractivity contribution is 6.23. The van der Waals surface area contributed by atoms with Gasteiger partial charge < -0.3 is 10.4 Å². The van der Waals surface area contributed by atoms with Gasteiger partial charge in [-0.25, -0.2) is 4.99 Å². The second-order valence-corrected chi connectivity index (χ2v) is 9.11. The molecule has 2 rings (SSSR count). The first kappa shape index (κ1) is 22.3. The topological polar surface area (TPSA) is 95.8 Å². The Labute approximate surface area is 171 Å². The van der Waals surface area contributed by atoms with Crippen molar-refractivity contribution < 1.29 is 19.5 Å². The van der Waals surface area contributed by atoms with Gasteiger partial charge in [-0.05, 0) is 47.2 Å². The van der Waals surface area contributed by atoms with Crippen LogP contribution >= 0.6 is 0 Å². The summed E-state index contributed by atoms with van der Waals surface area (Å²) in [5.41, 5.74) is 2.48. The van der Waals surface area contributed by atoms with E-state index in [2.05, 4.69) is 10.3 Å². The van der Waals surface area contributed by atoms with E-state index < -0.39 is 18.4 Å². The highest BCUT2D eigenvalue weighted by atomic mass is 16.4. The smallest absolute Gasteiger partial charge is 0.322 e. The molecule has 0 aromatic heterocycles. The predicted octanol–water partition coefficient (Wildman–Crippen LogP) is 4.10. The maximum atomic E-state index is 13.0. The minimum atomic E-state index is -1.10. The molecule has 29 heavy (non-hydrogen) atoms. The summed E-state index contributed by atoms with van der Waals surface area (Å²) >= 11 is 0. The van der Waals surface area contributed by atoms with Crippen LogP contribution in [0.25, 0.3) is 0 Å². The van der Waals surface area contributed by atoms with Crippen molar-refractivity contribution in [3.8, 4) is 0 Å². The molecular weight excluding hydrogens is 368 g/mol. The quantitative estimate of drug-likeness (QED) is 0.749. The number of ketones is 1. The average Bonchev–Trinajstić information content (AvgIpc) is 2.59. The molecule has 1 aromatic rings. The van der Waals surface area contributed by atoms with Gasteiger partial charge in [0.1, 0.15) is 6.54 Å². The fourth-order valence-corrected chi connectivity index (χ4v) is 2.89. The monoisotopic (exact) mass is 396 g/mol. The zero-order valence-electron chi connectivity index (χ0n) is 17.8. The van der Waals surface area contributed by atoms with E-state index in [9.17, 15) is 14.4 Å². The summed E-state index contributed by atoms with van der Waals surface area (Å²) in [5, 5.41) is 11.0. The Morgan fingerprint density at radius 3 is 1.83 bits per heavy atom. The van der Waals surface area contributed by atoms with E-state index in [-0.39, 0.29) is 16.6 Å². The van der Waals surface area contributed by atoms with Gasteiger partial charge in [0.15, 0.2) is 5.78 Å². The van der Waals surface area contributed by atoms with Crippen molar-refractivity contribution >= 4 is 29.1 Å². The molecule has 0 fully saturated rings. The van der Waals surface area contributed by atoms with Crippen LogP contribution < -0.4 is 5.32 Å². The molecule has 1 amide bonds. The van der Waals surface area contributed by atoms with Gasteiger partial charge in [0.25, 0.3) is 5.91 Å². The van der Waals surface area contributed by atoms with Crippen molar-refractivity contribution in [2.24, 2.45) is 15.8 Å². The van der Waals surface area contributed by atoms with Crippen molar-refractivity contribution in [2.45, 2.75) is 41.5 Å². The number of benzene rings is 1. The van der Waals surface area contributed by atoms with Gasteiger partial charge >= 0.3 is 5.97 Å². The van der Waals surface area contributed by atoms with Crippen LogP contribution in [0.15, 0.2) is 52.6 Å². The normalized spacial score (nSPS) is 14.8. The van der Waals surface area contributed by atoms with Crippen LogP contribution in [0.1, 0.15) is 51.9 Å². The fourth-order valence-electron chi connectivity index (χ4n) is 2.89. The maximum absolute atomic E-state index is 13.0. The lowest BCUT2D eigenvalue weighted by Crippen LogP contribution is -2.29. The number of aliphatic carboxylic acids is 1. The molecule has 0 aliphatic heterocycles. The zero-order valence-corrected chi connectivity index (χ0v) is 17.8. The summed E-state index contributed by atoms with van der Waals surface area (Å²) in [6.07, 6.45) is 3.65. The standard InChI is InChI=1S/C23H28N2O4/c1-22(2,3)17-11-16(12-18(20(17)28)23(4,5)6)25-15-9-7-14(8-10-15)21(29)24-13-19(26)27/h7-12H,13H2,1-6H3,(H,24,29)(H,26,27). The van der Waals surface area contributed by atoms with Crippen LogP contribution in [0.4, 0.5) is 5.69 Å². The first-order valence-electron chi connectivity index (χ1n) is 9.47. The summed E-state index contributed by atoms with van der Waals surface area (Å²) in [7, 11) is 0. The molecule has 0 spiro atoms. The number of hydrogen-bond acceptors (Lipinski definition) is 4. The van der Waals surface area contributed by atoms with Crippen molar-refractivity contribution in [1.82, 2.24) is 5.32 Å². The van der Waals surface area contributed by atoms with E-state index in [1.807, 2.05) is 53.7 Å². The van der Waals surface area contributed by atoms with E-state index in [1.165, 1.54) is 0 Å². The van der Waals surface area contributed by atoms with E-state index in [1.54, 1.807) is 24.3 Å². The molecule has 1 aromatic carbocycles. The van der Waals surface area contributed by atoms with Crippen molar-refractivity contribution in [2.75, 3.05) is 6.54 Å². The minimum absolute atomic E-state index is 0.0504. The number of hydrogen-bond donors (Lipinski definition) is 2. The lowest BCUT2D eigenvalue weighted by molar-refractivity contribution is -0.135. The van der Waals surface area contributed by atoms with Crippen LogP contribution in [0, 0.1) is 10.8 Å². The van der Waals surface area contributed by atoms with Gasteiger partial charge in [0.2, 0.25) is 0 Å². The zero-order chi connectivity index (χ0) is 22.0. The fraction of sp³-hybridized carbons (Fsp3) is 0.391. The number of allylic oxidation sites excluding steroid dienone is 4. The summed E-state index contributed by atoms with van der Waals surface area (Å²) in [6, 6.07) is 6.56. The number of Topliss-reactive ketones (excluding diaryl/α,β-unsaturated/α-hetero) is 1. The third-order valence-electron chi connectivity index (χ3n) is 4.48. The van der Waals surface area contributed by atoms with Gasteiger partial charge in [0.05, 0.1) is 11.4 Å². The number of rotatable bonds is 4. The molecule has 1 aliphatic rings. The SMILES string of the molecule is CC(C)(C)C1=CC(=Nc2ccc(C(=O)NCC(=O)O)cc2)C=C(C(C)(C)C)C1=O. The summed E-state index contributed by atoms with van der Waals surface area (Å²) in [6.45, 7) is 11.6. The average molecular weight is 396 g/mol. The van der Waals surface area contributed by atoms with Crippen LogP contribution in [0.2, 0.25) is 0 Å². The van der Waals surface area contributed by atoms with Gasteiger partial charge in [-0.1, -0.05) is 41.5 Å². The summed E-state index contributed by atoms with van der Waals surface area (Å²) in [5.74, 6) is -1.51. The largest absolute Gasteiger partial charge is 0.480 e. The molecule has 0 saturated carbocycles. The van der Waals surface area contributed by atoms with Gasteiger partial charge in [-0.3, -0.25) is 14.4 Å². The molecule has 154 valence electrons. The van der Waals surface area contributed by atoms with Crippen LogP contribution in [0.3, 0.4) is 0 Å².